The predicted octanol–water partition coefficient (Wildman–Crippen LogP) is 1.09. The van der Waals surface area contributed by atoms with Gasteiger partial charge < -0.3 is 9.47 Å². The van der Waals surface area contributed by atoms with Crippen molar-refractivity contribution < 1.29 is 4.79 Å². The van der Waals surface area contributed by atoms with E-state index < -0.39 is 0 Å². The quantitative estimate of drug-likeness (QED) is 0.827. The maximum absolute atomic E-state index is 11.4. The summed E-state index contributed by atoms with van der Waals surface area (Å²) in [4.78, 5) is 24.2. The Morgan fingerprint density at radius 1 is 1.47 bits per heavy atom. The van der Waals surface area contributed by atoms with Gasteiger partial charge in [-0.1, -0.05) is 0 Å². The zero-order valence-corrected chi connectivity index (χ0v) is 10.3. The average molecular weight is 273 g/mol. The van der Waals surface area contributed by atoms with E-state index in [4.69, 9.17) is 0 Å². The maximum atomic E-state index is 11.4. The fourth-order valence-electron chi connectivity index (χ4n) is 1.12. The second-order valence-corrected chi connectivity index (χ2v) is 4.33. The molecule has 0 aliphatic heterocycles. The van der Waals surface area contributed by atoms with Gasteiger partial charge in [-0.15, -0.1) is 0 Å². The molecule has 0 radical (unpaired) electrons. The van der Waals surface area contributed by atoms with E-state index in [2.05, 4.69) is 15.9 Å². The average Bonchev–Trinajstić information content (AvgIpc) is 2.18. The summed E-state index contributed by atoms with van der Waals surface area (Å²) in [6, 6.07) is 3.16. The number of hydrogen-bond acceptors (Lipinski definition) is 2. The molecule has 0 aliphatic carbocycles. The summed E-state index contributed by atoms with van der Waals surface area (Å²) in [5, 5.41) is 0. The molecule has 0 aromatic carbocycles. The van der Waals surface area contributed by atoms with Crippen molar-refractivity contribution in [2.45, 2.75) is 13.0 Å². The first-order chi connectivity index (χ1) is 7.00. The highest BCUT2D eigenvalue weighted by Gasteiger charge is 2.04. The van der Waals surface area contributed by atoms with E-state index >= 15 is 0 Å². The number of halogens is 1. The number of aryl methyl sites for hydroxylation is 1. The maximum Gasteiger partial charge on any atom is 0.250 e. The molecule has 0 unspecified atom stereocenters. The molecular weight excluding hydrogens is 260 g/mol. The third-order valence-corrected chi connectivity index (χ3v) is 2.48. The molecule has 1 rings (SSSR count). The van der Waals surface area contributed by atoms with Crippen LogP contribution in [0, 0.1) is 0 Å². The Morgan fingerprint density at radius 2 is 2.13 bits per heavy atom. The van der Waals surface area contributed by atoms with Gasteiger partial charge in [0.2, 0.25) is 5.91 Å². The van der Waals surface area contributed by atoms with Crippen LogP contribution in [0.3, 0.4) is 0 Å². The second-order valence-electron chi connectivity index (χ2n) is 3.42. The lowest BCUT2D eigenvalue weighted by Crippen LogP contribution is -2.26. The number of hydrogen-bond donors (Lipinski definition) is 0. The highest BCUT2D eigenvalue weighted by Crippen LogP contribution is 2.05. The topological polar surface area (TPSA) is 42.3 Å². The fraction of sp³-hybridized carbons (Fsp3) is 0.400. The zero-order valence-electron chi connectivity index (χ0n) is 8.74. The SMILES string of the molecule is CN(C)C(=O)CCn1cc(Br)ccc1=O. The van der Waals surface area contributed by atoms with Gasteiger partial charge in [-0.05, 0) is 22.0 Å². The Bertz CT molecular complexity index is 412. The van der Waals surface area contributed by atoms with Crippen molar-refractivity contribution in [3.63, 3.8) is 0 Å². The molecule has 0 saturated heterocycles. The van der Waals surface area contributed by atoms with Crippen LogP contribution < -0.4 is 5.56 Å². The Morgan fingerprint density at radius 3 is 2.73 bits per heavy atom. The molecule has 15 heavy (non-hydrogen) atoms. The minimum Gasteiger partial charge on any atom is -0.349 e. The number of amides is 1. The lowest BCUT2D eigenvalue weighted by molar-refractivity contribution is -0.128. The smallest absolute Gasteiger partial charge is 0.250 e. The van der Waals surface area contributed by atoms with Crippen molar-refractivity contribution in [3.05, 3.63) is 33.2 Å². The molecule has 0 atom stereocenters. The van der Waals surface area contributed by atoms with Crippen LogP contribution in [0.1, 0.15) is 6.42 Å². The second kappa shape index (κ2) is 5.11. The van der Waals surface area contributed by atoms with E-state index in [-0.39, 0.29) is 11.5 Å². The molecule has 5 heteroatoms. The Kier molecular flexibility index (Phi) is 4.08. The predicted molar refractivity (Wildman–Crippen MR) is 61.7 cm³/mol. The molecule has 1 amide bonds. The molecule has 0 saturated carbocycles. The molecule has 0 bridgehead atoms. The molecule has 0 fully saturated rings. The van der Waals surface area contributed by atoms with Gasteiger partial charge in [0, 0.05) is 43.8 Å². The van der Waals surface area contributed by atoms with Gasteiger partial charge in [-0.25, -0.2) is 0 Å². The molecule has 0 aliphatic rings. The highest BCUT2D eigenvalue weighted by atomic mass is 79.9. The number of aromatic nitrogens is 1. The summed E-state index contributed by atoms with van der Waals surface area (Å²) in [7, 11) is 3.40. The van der Waals surface area contributed by atoms with Crippen molar-refractivity contribution >= 4 is 21.8 Å². The summed E-state index contributed by atoms with van der Waals surface area (Å²) in [6.07, 6.45) is 2.02. The summed E-state index contributed by atoms with van der Waals surface area (Å²) >= 11 is 3.28. The van der Waals surface area contributed by atoms with E-state index in [1.54, 1.807) is 26.4 Å². The molecule has 4 nitrogen and oxygen atoms in total. The van der Waals surface area contributed by atoms with Gasteiger partial charge in [-0.3, -0.25) is 9.59 Å². The molecule has 1 heterocycles. The van der Waals surface area contributed by atoms with Crippen molar-refractivity contribution in [1.82, 2.24) is 9.47 Å². The van der Waals surface area contributed by atoms with Crippen molar-refractivity contribution in [3.8, 4) is 0 Å². The van der Waals surface area contributed by atoms with Crippen LogP contribution in [0.25, 0.3) is 0 Å². The van der Waals surface area contributed by atoms with Crippen molar-refractivity contribution in [2.75, 3.05) is 14.1 Å². The largest absolute Gasteiger partial charge is 0.349 e. The van der Waals surface area contributed by atoms with Gasteiger partial charge in [0.15, 0.2) is 0 Å². The fourth-order valence-corrected chi connectivity index (χ4v) is 1.50. The lowest BCUT2D eigenvalue weighted by atomic mass is 10.3. The van der Waals surface area contributed by atoms with Crippen LogP contribution in [0.15, 0.2) is 27.6 Å². The normalized spacial score (nSPS) is 10.1. The highest BCUT2D eigenvalue weighted by molar-refractivity contribution is 9.10. The van der Waals surface area contributed by atoms with Gasteiger partial charge in [0.25, 0.3) is 5.56 Å². The summed E-state index contributed by atoms with van der Waals surface area (Å²) in [6.45, 7) is 0.412. The Labute approximate surface area is 96.6 Å². The lowest BCUT2D eigenvalue weighted by Gasteiger charge is -2.10. The van der Waals surface area contributed by atoms with E-state index in [1.165, 1.54) is 15.5 Å². The van der Waals surface area contributed by atoms with Crippen LogP contribution in [-0.2, 0) is 11.3 Å². The van der Waals surface area contributed by atoms with Crippen molar-refractivity contribution in [1.29, 1.82) is 0 Å². The van der Waals surface area contributed by atoms with E-state index in [9.17, 15) is 9.59 Å². The Balaban J connectivity index is 2.69. The van der Waals surface area contributed by atoms with E-state index in [0.717, 1.165) is 4.47 Å². The first-order valence-corrected chi connectivity index (χ1v) is 5.36. The minimum atomic E-state index is -0.0928. The summed E-state index contributed by atoms with van der Waals surface area (Å²) in [5.74, 6) is 0.0156. The van der Waals surface area contributed by atoms with Crippen LogP contribution >= 0.6 is 15.9 Å². The Hall–Kier alpha value is -1.10. The monoisotopic (exact) mass is 272 g/mol. The van der Waals surface area contributed by atoms with E-state index in [1.807, 2.05) is 0 Å². The van der Waals surface area contributed by atoms with Crippen molar-refractivity contribution in [2.24, 2.45) is 0 Å². The summed E-state index contributed by atoms with van der Waals surface area (Å²) in [5.41, 5.74) is -0.0928. The number of nitrogens with zero attached hydrogens (tertiary/aromatic N) is 2. The molecule has 0 N–H and O–H groups in total. The zero-order chi connectivity index (χ0) is 11.4. The molecule has 0 spiro atoms. The van der Waals surface area contributed by atoms with Gasteiger partial charge in [0.1, 0.15) is 0 Å². The first kappa shape index (κ1) is 12.0. The third-order valence-electron chi connectivity index (χ3n) is 2.01. The van der Waals surface area contributed by atoms with E-state index in [0.29, 0.717) is 13.0 Å². The van der Waals surface area contributed by atoms with Crippen LogP contribution in [0.4, 0.5) is 0 Å². The molecule has 1 aromatic rings. The van der Waals surface area contributed by atoms with Gasteiger partial charge in [0.05, 0.1) is 0 Å². The number of rotatable bonds is 3. The van der Waals surface area contributed by atoms with Gasteiger partial charge in [-0.2, -0.15) is 0 Å². The molecule has 1 aromatic heterocycles. The minimum absolute atomic E-state index is 0.0156. The molecular formula is C10H13BrN2O2. The standard InChI is InChI=1S/C10H13BrN2O2/c1-12(2)9(14)5-6-13-7-8(11)3-4-10(13)15/h3-4,7H,5-6H2,1-2H3. The van der Waals surface area contributed by atoms with Crippen LogP contribution in [0.2, 0.25) is 0 Å². The third kappa shape index (κ3) is 3.51. The van der Waals surface area contributed by atoms with Gasteiger partial charge >= 0.3 is 0 Å². The summed E-state index contributed by atoms with van der Waals surface area (Å²) < 4.78 is 2.35. The number of pyridine rings is 1. The van der Waals surface area contributed by atoms with Crippen LogP contribution in [0.5, 0.6) is 0 Å². The first-order valence-electron chi connectivity index (χ1n) is 4.57. The molecule has 82 valence electrons. The number of carbonyl (C=O) groups excluding carboxylic acids is 1. The number of carbonyl (C=O) groups is 1. The van der Waals surface area contributed by atoms with Crippen LogP contribution in [-0.4, -0.2) is 29.5 Å².